The molecule has 3 heterocycles. The Hall–Kier alpha value is -3.73. The minimum absolute atomic E-state index is 0.184. The maximum atomic E-state index is 13.1. The number of amides is 1. The van der Waals surface area contributed by atoms with E-state index in [1.165, 1.54) is 11.0 Å². The van der Waals surface area contributed by atoms with Crippen molar-refractivity contribution in [2.45, 2.75) is 64.6 Å². The lowest BCUT2D eigenvalue weighted by Crippen LogP contribution is -2.45. The van der Waals surface area contributed by atoms with Gasteiger partial charge in [0.2, 0.25) is 5.95 Å². The lowest BCUT2D eigenvalue weighted by Gasteiger charge is -2.31. The summed E-state index contributed by atoms with van der Waals surface area (Å²) in [7, 11) is 0. The topological polar surface area (TPSA) is 89.5 Å². The summed E-state index contributed by atoms with van der Waals surface area (Å²) in [6, 6.07) is 9.50. The molecule has 3 aromatic rings. The fourth-order valence-electron chi connectivity index (χ4n) is 4.20. The molecule has 1 amide bonds. The van der Waals surface area contributed by atoms with E-state index in [2.05, 4.69) is 20.3 Å². The third-order valence-corrected chi connectivity index (χ3v) is 5.99. The van der Waals surface area contributed by atoms with Gasteiger partial charge in [0.05, 0.1) is 29.0 Å². The molecule has 38 heavy (non-hydrogen) atoms. The number of carbonyl (C=O) groups excluding carboxylic acids is 1. The number of nitrogens with one attached hydrogen (secondary N) is 1. The number of pyridine rings is 1. The minimum atomic E-state index is -4.42. The summed E-state index contributed by atoms with van der Waals surface area (Å²) in [5.74, 6) is 0.671. The molecule has 0 bridgehead atoms. The fraction of sp³-hybridized carbons (Fsp3) is 0.407. The van der Waals surface area contributed by atoms with E-state index < -0.39 is 23.4 Å². The van der Waals surface area contributed by atoms with Crippen LogP contribution in [0.25, 0.3) is 11.3 Å². The number of hydrogen-bond acceptors (Lipinski definition) is 7. The van der Waals surface area contributed by atoms with Crippen LogP contribution in [0.5, 0.6) is 0 Å². The monoisotopic (exact) mass is 529 g/mol. The SMILES string of the molecule is C[C@H](Nc1nccc(N2C(=O)OC[C@@H]2[C@@H](C)OC(C)(C)C)n1)c1ccc(-c2cccc(C(F)(F)F)c2)nc1. The number of hydrogen-bond donors (Lipinski definition) is 1. The number of halogens is 3. The number of nitrogens with zero attached hydrogens (tertiary/aromatic N) is 4. The highest BCUT2D eigenvalue weighted by atomic mass is 19.4. The smallest absolute Gasteiger partial charge is 0.416 e. The van der Waals surface area contributed by atoms with Crippen molar-refractivity contribution in [3.63, 3.8) is 0 Å². The number of benzene rings is 1. The van der Waals surface area contributed by atoms with Crippen LogP contribution in [0.4, 0.5) is 29.7 Å². The van der Waals surface area contributed by atoms with E-state index in [9.17, 15) is 18.0 Å². The predicted octanol–water partition coefficient (Wildman–Crippen LogP) is 6.26. The molecule has 1 aromatic carbocycles. The number of rotatable bonds is 7. The van der Waals surface area contributed by atoms with Crippen molar-refractivity contribution in [2.75, 3.05) is 16.8 Å². The van der Waals surface area contributed by atoms with Gasteiger partial charge in [-0.2, -0.15) is 18.2 Å². The van der Waals surface area contributed by atoms with Crippen molar-refractivity contribution >= 4 is 17.9 Å². The van der Waals surface area contributed by atoms with E-state index in [0.717, 1.165) is 17.7 Å². The van der Waals surface area contributed by atoms with Gasteiger partial charge >= 0.3 is 12.3 Å². The van der Waals surface area contributed by atoms with Gasteiger partial charge < -0.3 is 14.8 Å². The zero-order chi connectivity index (χ0) is 27.7. The lowest BCUT2D eigenvalue weighted by atomic mass is 10.1. The molecule has 0 unspecified atom stereocenters. The van der Waals surface area contributed by atoms with Gasteiger partial charge in [-0.1, -0.05) is 18.2 Å². The molecular weight excluding hydrogens is 499 g/mol. The molecular formula is C27H30F3N5O3. The normalized spacial score (nSPS) is 17.7. The van der Waals surface area contributed by atoms with Crippen molar-refractivity contribution in [1.82, 2.24) is 15.0 Å². The van der Waals surface area contributed by atoms with Gasteiger partial charge in [0, 0.05) is 18.0 Å². The maximum absolute atomic E-state index is 13.1. The van der Waals surface area contributed by atoms with Crippen molar-refractivity contribution in [3.05, 3.63) is 66.0 Å². The van der Waals surface area contributed by atoms with E-state index >= 15 is 0 Å². The molecule has 0 aliphatic carbocycles. The Morgan fingerprint density at radius 3 is 2.53 bits per heavy atom. The van der Waals surface area contributed by atoms with Crippen LogP contribution in [0, 0.1) is 0 Å². The predicted molar refractivity (Wildman–Crippen MR) is 137 cm³/mol. The van der Waals surface area contributed by atoms with Crippen molar-refractivity contribution in [2.24, 2.45) is 0 Å². The number of anilines is 2. The summed E-state index contributed by atoms with van der Waals surface area (Å²) in [6.45, 7) is 9.79. The highest BCUT2D eigenvalue weighted by Crippen LogP contribution is 2.32. The number of cyclic esters (lactones) is 1. The zero-order valence-corrected chi connectivity index (χ0v) is 21.8. The summed E-state index contributed by atoms with van der Waals surface area (Å²) in [4.78, 5) is 27.1. The van der Waals surface area contributed by atoms with Crippen LogP contribution in [-0.4, -0.2) is 45.4 Å². The average Bonchev–Trinajstić information content (AvgIpc) is 3.24. The van der Waals surface area contributed by atoms with Crippen LogP contribution in [0.15, 0.2) is 54.9 Å². The molecule has 0 radical (unpaired) electrons. The quantitative estimate of drug-likeness (QED) is 0.386. The molecule has 202 valence electrons. The molecule has 0 spiro atoms. The summed E-state index contributed by atoms with van der Waals surface area (Å²) in [5.41, 5.74) is 0.460. The molecule has 11 heteroatoms. The summed E-state index contributed by atoms with van der Waals surface area (Å²) >= 11 is 0. The molecule has 3 atom stereocenters. The first-order valence-electron chi connectivity index (χ1n) is 12.2. The number of alkyl halides is 3. The maximum Gasteiger partial charge on any atom is 0.416 e. The lowest BCUT2D eigenvalue weighted by molar-refractivity contribution is -0.137. The summed E-state index contributed by atoms with van der Waals surface area (Å²) in [6.07, 6.45) is -2.09. The molecule has 1 N–H and O–H groups in total. The second-order valence-corrected chi connectivity index (χ2v) is 10.1. The number of aromatic nitrogens is 3. The third kappa shape index (κ3) is 6.39. The van der Waals surface area contributed by atoms with E-state index in [0.29, 0.717) is 23.0 Å². The molecule has 2 aromatic heterocycles. The van der Waals surface area contributed by atoms with Gasteiger partial charge in [-0.25, -0.2) is 9.78 Å². The van der Waals surface area contributed by atoms with Gasteiger partial charge in [-0.05, 0) is 64.4 Å². The van der Waals surface area contributed by atoms with E-state index in [1.807, 2.05) is 34.6 Å². The molecule has 1 aliphatic heterocycles. The van der Waals surface area contributed by atoms with Crippen LogP contribution >= 0.6 is 0 Å². The first kappa shape index (κ1) is 27.3. The molecule has 1 saturated heterocycles. The second-order valence-electron chi connectivity index (χ2n) is 10.1. The van der Waals surface area contributed by atoms with Crippen molar-refractivity contribution < 1.29 is 27.4 Å². The second kappa shape index (κ2) is 10.6. The molecule has 0 saturated carbocycles. The zero-order valence-electron chi connectivity index (χ0n) is 21.8. The standard InChI is InChI=1S/C27H30F3N5O3/c1-16(19-9-10-21(32-14-19)18-7-6-8-20(13-18)27(28,29)30)33-24-31-12-11-23(34-24)35-22(15-37-25(35)36)17(2)38-26(3,4)5/h6-14,16-17,22H,15H2,1-5H3,(H,31,33,34)/t16-,17+,22+/m0/s1. The first-order valence-corrected chi connectivity index (χ1v) is 12.2. The van der Waals surface area contributed by atoms with E-state index in [-0.39, 0.29) is 24.8 Å². The van der Waals surface area contributed by atoms with Gasteiger partial charge in [0.1, 0.15) is 18.5 Å². The van der Waals surface area contributed by atoms with Crippen LogP contribution in [-0.2, 0) is 15.7 Å². The largest absolute Gasteiger partial charge is 0.447 e. The number of carbonyl (C=O) groups is 1. The van der Waals surface area contributed by atoms with Gasteiger partial charge in [0.25, 0.3) is 0 Å². The van der Waals surface area contributed by atoms with E-state index in [4.69, 9.17) is 9.47 Å². The first-order chi connectivity index (χ1) is 17.8. The Kier molecular flexibility index (Phi) is 7.59. The van der Waals surface area contributed by atoms with Gasteiger partial charge in [-0.3, -0.25) is 9.88 Å². The number of ether oxygens (including phenoxy) is 2. The Bertz CT molecular complexity index is 1280. The van der Waals surface area contributed by atoms with Crippen LogP contribution < -0.4 is 10.2 Å². The summed E-state index contributed by atoms with van der Waals surface area (Å²) in [5, 5.41) is 3.19. The Morgan fingerprint density at radius 2 is 1.87 bits per heavy atom. The van der Waals surface area contributed by atoms with E-state index in [1.54, 1.807) is 36.7 Å². The van der Waals surface area contributed by atoms with Gasteiger partial charge in [-0.15, -0.1) is 0 Å². The average molecular weight is 530 g/mol. The highest BCUT2D eigenvalue weighted by molar-refractivity contribution is 5.89. The third-order valence-electron chi connectivity index (χ3n) is 5.99. The van der Waals surface area contributed by atoms with Crippen LogP contribution in [0.2, 0.25) is 0 Å². The van der Waals surface area contributed by atoms with Crippen LogP contribution in [0.1, 0.15) is 51.8 Å². The molecule has 4 rings (SSSR count). The van der Waals surface area contributed by atoms with Crippen molar-refractivity contribution in [1.29, 1.82) is 0 Å². The molecule has 1 aliphatic rings. The van der Waals surface area contributed by atoms with Crippen molar-refractivity contribution in [3.8, 4) is 11.3 Å². The van der Waals surface area contributed by atoms with Crippen LogP contribution in [0.3, 0.4) is 0 Å². The molecule has 1 fully saturated rings. The Balaban J connectivity index is 1.48. The minimum Gasteiger partial charge on any atom is -0.447 e. The Labute approximate surface area is 219 Å². The fourth-order valence-corrected chi connectivity index (χ4v) is 4.20. The Morgan fingerprint density at radius 1 is 1.11 bits per heavy atom. The summed E-state index contributed by atoms with van der Waals surface area (Å²) < 4.78 is 50.5. The van der Waals surface area contributed by atoms with Gasteiger partial charge in [0.15, 0.2) is 0 Å². The molecule has 8 nitrogen and oxygen atoms in total. The highest BCUT2D eigenvalue weighted by Gasteiger charge is 2.40.